The van der Waals surface area contributed by atoms with E-state index >= 15 is 0 Å². The molecule has 3 saturated heterocycles. The van der Waals surface area contributed by atoms with Crippen molar-refractivity contribution in [2.45, 2.75) is 18.8 Å². The quantitative estimate of drug-likeness (QED) is 0.944. The first-order valence-electron chi connectivity index (χ1n) is 8.09. The second kappa shape index (κ2) is 5.36. The predicted octanol–water partition coefficient (Wildman–Crippen LogP) is 2.15. The summed E-state index contributed by atoms with van der Waals surface area (Å²) in [6.07, 6.45) is 4.18. The van der Waals surface area contributed by atoms with E-state index in [0.717, 1.165) is 23.0 Å². The maximum atomic E-state index is 12.2. The van der Waals surface area contributed by atoms with Gasteiger partial charge in [-0.05, 0) is 55.5 Å². The molecule has 3 aliphatic heterocycles. The summed E-state index contributed by atoms with van der Waals surface area (Å²) in [6.45, 7) is 3.34. The Morgan fingerprint density at radius 1 is 1.27 bits per heavy atom. The number of aromatic nitrogens is 1. The summed E-state index contributed by atoms with van der Waals surface area (Å²) < 4.78 is 0. The average molecular weight is 295 g/mol. The van der Waals surface area contributed by atoms with Gasteiger partial charge in [0.2, 0.25) is 5.91 Å². The number of pyridine rings is 1. The maximum absolute atomic E-state index is 12.2. The molecule has 2 aromatic rings. The highest BCUT2D eigenvalue weighted by Gasteiger charge is 2.41. The maximum Gasteiger partial charge on any atom is 0.225 e. The van der Waals surface area contributed by atoms with Crippen molar-refractivity contribution < 1.29 is 4.79 Å². The molecule has 1 aromatic heterocycles. The van der Waals surface area contributed by atoms with Crippen molar-refractivity contribution in [3.8, 4) is 0 Å². The zero-order valence-corrected chi connectivity index (χ0v) is 12.6. The van der Waals surface area contributed by atoms with Gasteiger partial charge in [0.25, 0.3) is 0 Å². The molecule has 0 saturated carbocycles. The van der Waals surface area contributed by atoms with E-state index in [2.05, 4.69) is 22.0 Å². The van der Waals surface area contributed by atoms with E-state index in [1.54, 1.807) is 6.20 Å². The molecular formula is C18H21N3O. The Balaban J connectivity index is 1.73. The average Bonchev–Trinajstić information content (AvgIpc) is 2.56. The number of primary amides is 1. The zero-order valence-electron chi connectivity index (χ0n) is 12.6. The zero-order chi connectivity index (χ0) is 15.1. The number of rotatable bonds is 3. The van der Waals surface area contributed by atoms with E-state index in [9.17, 15) is 4.79 Å². The number of hydrogen-bond acceptors (Lipinski definition) is 3. The van der Waals surface area contributed by atoms with Gasteiger partial charge in [-0.1, -0.05) is 18.2 Å². The van der Waals surface area contributed by atoms with Crippen LogP contribution in [0, 0.1) is 11.8 Å². The summed E-state index contributed by atoms with van der Waals surface area (Å²) in [5.41, 5.74) is 7.76. The Morgan fingerprint density at radius 3 is 2.77 bits per heavy atom. The lowest BCUT2D eigenvalue weighted by Gasteiger charge is -2.47. The molecule has 2 N–H and O–H groups in total. The first-order valence-corrected chi connectivity index (χ1v) is 8.09. The highest BCUT2D eigenvalue weighted by molar-refractivity contribution is 5.85. The van der Waals surface area contributed by atoms with Gasteiger partial charge in [0.15, 0.2) is 0 Å². The predicted molar refractivity (Wildman–Crippen MR) is 86.3 cm³/mol. The standard InChI is InChI=1S/C18H21N3O/c19-18(22)17(15-11-21-8-5-12(15)6-9-21)14-4-3-13-2-1-7-20-16(13)10-14/h1-4,7,10,12,15,17H,5-6,8-9,11H2,(H2,19,22). The molecule has 22 heavy (non-hydrogen) atoms. The molecule has 4 nitrogen and oxygen atoms in total. The Hall–Kier alpha value is -1.94. The van der Waals surface area contributed by atoms with Gasteiger partial charge in [0.1, 0.15) is 0 Å². The smallest absolute Gasteiger partial charge is 0.225 e. The molecule has 3 aliphatic rings. The number of carbonyl (C=O) groups excluding carboxylic acids is 1. The van der Waals surface area contributed by atoms with Gasteiger partial charge < -0.3 is 10.6 Å². The normalized spacial score (nSPS) is 28.6. The molecule has 1 amide bonds. The molecule has 1 aromatic carbocycles. The SMILES string of the molecule is NC(=O)C(c1ccc2cccnc2c1)C1CN2CCC1CC2. The van der Waals surface area contributed by atoms with Gasteiger partial charge in [0, 0.05) is 18.1 Å². The second-order valence-electron chi connectivity index (χ2n) is 6.64. The minimum Gasteiger partial charge on any atom is -0.369 e. The highest BCUT2D eigenvalue weighted by Crippen LogP contribution is 2.41. The number of fused-ring (bicyclic) bond motifs is 4. The number of nitrogens with zero attached hydrogens (tertiary/aromatic N) is 2. The van der Waals surface area contributed by atoms with Crippen LogP contribution in [0.15, 0.2) is 36.5 Å². The largest absolute Gasteiger partial charge is 0.369 e. The molecular weight excluding hydrogens is 274 g/mol. The van der Waals surface area contributed by atoms with Crippen LogP contribution in [-0.2, 0) is 4.79 Å². The summed E-state index contributed by atoms with van der Waals surface area (Å²) in [4.78, 5) is 19.1. The topological polar surface area (TPSA) is 59.2 Å². The Kier molecular flexibility index (Phi) is 3.34. The van der Waals surface area contributed by atoms with Crippen LogP contribution in [0.25, 0.3) is 10.9 Å². The molecule has 0 radical (unpaired) electrons. The van der Waals surface area contributed by atoms with Crippen molar-refractivity contribution in [3.05, 3.63) is 42.1 Å². The summed E-state index contributed by atoms with van der Waals surface area (Å²) >= 11 is 0. The summed E-state index contributed by atoms with van der Waals surface area (Å²) in [6, 6.07) is 10.1. The number of piperidine rings is 3. The third kappa shape index (κ3) is 2.28. The van der Waals surface area contributed by atoms with Crippen LogP contribution < -0.4 is 5.73 Å². The molecule has 0 spiro atoms. The van der Waals surface area contributed by atoms with Crippen LogP contribution in [0.5, 0.6) is 0 Å². The molecule has 4 heteroatoms. The van der Waals surface area contributed by atoms with E-state index in [-0.39, 0.29) is 11.8 Å². The van der Waals surface area contributed by atoms with Crippen LogP contribution >= 0.6 is 0 Å². The Labute approximate surface area is 130 Å². The molecule has 2 bridgehead atoms. The van der Waals surface area contributed by atoms with Gasteiger partial charge in [-0.2, -0.15) is 0 Å². The molecule has 2 unspecified atom stereocenters. The number of benzene rings is 1. The van der Waals surface area contributed by atoms with Crippen molar-refractivity contribution in [3.63, 3.8) is 0 Å². The van der Waals surface area contributed by atoms with Crippen LogP contribution in [0.2, 0.25) is 0 Å². The van der Waals surface area contributed by atoms with Crippen LogP contribution in [0.1, 0.15) is 24.3 Å². The fourth-order valence-electron chi connectivity index (χ4n) is 4.29. The van der Waals surface area contributed by atoms with E-state index < -0.39 is 0 Å². The number of nitrogens with two attached hydrogens (primary N) is 1. The van der Waals surface area contributed by atoms with E-state index in [0.29, 0.717) is 11.8 Å². The summed E-state index contributed by atoms with van der Waals surface area (Å²) in [5.74, 6) is 0.580. The van der Waals surface area contributed by atoms with E-state index in [1.807, 2.05) is 18.2 Å². The Morgan fingerprint density at radius 2 is 2.09 bits per heavy atom. The first kappa shape index (κ1) is 13.7. The number of carbonyl (C=O) groups is 1. The van der Waals surface area contributed by atoms with Crippen LogP contribution in [0.3, 0.4) is 0 Å². The molecule has 5 rings (SSSR count). The summed E-state index contributed by atoms with van der Waals surface area (Å²) in [5, 5.41) is 1.10. The van der Waals surface area contributed by atoms with Crippen molar-refractivity contribution >= 4 is 16.8 Å². The third-order valence-electron chi connectivity index (χ3n) is 5.43. The Bertz CT molecular complexity index is 706. The number of hydrogen-bond donors (Lipinski definition) is 1. The second-order valence-corrected chi connectivity index (χ2v) is 6.64. The number of amides is 1. The fourth-order valence-corrected chi connectivity index (χ4v) is 4.29. The van der Waals surface area contributed by atoms with Gasteiger partial charge in [-0.3, -0.25) is 9.78 Å². The van der Waals surface area contributed by atoms with E-state index in [4.69, 9.17) is 5.73 Å². The molecule has 0 aliphatic carbocycles. The molecule has 4 heterocycles. The van der Waals surface area contributed by atoms with E-state index in [1.165, 1.54) is 25.9 Å². The minimum atomic E-state index is -0.200. The third-order valence-corrected chi connectivity index (χ3v) is 5.43. The van der Waals surface area contributed by atoms with Crippen LogP contribution in [0.4, 0.5) is 0 Å². The lowest BCUT2D eigenvalue weighted by molar-refractivity contribution is -0.122. The van der Waals surface area contributed by atoms with Gasteiger partial charge >= 0.3 is 0 Å². The van der Waals surface area contributed by atoms with Gasteiger partial charge in [-0.15, -0.1) is 0 Å². The fraction of sp³-hybridized carbons (Fsp3) is 0.444. The monoisotopic (exact) mass is 295 g/mol. The molecule has 3 fully saturated rings. The van der Waals surface area contributed by atoms with Crippen molar-refractivity contribution in [1.29, 1.82) is 0 Å². The van der Waals surface area contributed by atoms with Crippen molar-refractivity contribution in [1.82, 2.24) is 9.88 Å². The first-order chi connectivity index (χ1) is 10.7. The molecule has 114 valence electrons. The lowest BCUT2D eigenvalue weighted by atomic mass is 9.70. The molecule has 2 atom stereocenters. The highest BCUT2D eigenvalue weighted by atomic mass is 16.1. The lowest BCUT2D eigenvalue weighted by Crippen LogP contribution is -2.51. The van der Waals surface area contributed by atoms with Crippen molar-refractivity contribution in [2.75, 3.05) is 19.6 Å². The van der Waals surface area contributed by atoms with Gasteiger partial charge in [0.05, 0.1) is 11.4 Å². The minimum absolute atomic E-state index is 0.195. The van der Waals surface area contributed by atoms with Crippen molar-refractivity contribution in [2.24, 2.45) is 17.6 Å². The summed E-state index contributed by atoms with van der Waals surface area (Å²) in [7, 11) is 0. The van der Waals surface area contributed by atoms with Gasteiger partial charge in [-0.25, -0.2) is 0 Å². The van der Waals surface area contributed by atoms with Crippen LogP contribution in [-0.4, -0.2) is 35.4 Å².